The summed E-state index contributed by atoms with van der Waals surface area (Å²) in [6.45, 7) is 5.07. The minimum atomic E-state index is -0.589. The second kappa shape index (κ2) is 11.5. The van der Waals surface area contributed by atoms with Crippen molar-refractivity contribution in [1.82, 2.24) is 14.7 Å². The zero-order valence-corrected chi connectivity index (χ0v) is 20.9. The van der Waals surface area contributed by atoms with Gasteiger partial charge in [-0.3, -0.25) is 18.8 Å². The van der Waals surface area contributed by atoms with Gasteiger partial charge >= 0.3 is 5.97 Å². The number of hydrogen-bond donors (Lipinski definition) is 1. The number of rotatable bonds is 7. The lowest BCUT2D eigenvalue weighted by molar-refractivity contribution is -0.148. The van der Waals surface area contributed by atoms with E-state index in [1.165, 1.54) is 10.5 Å². The van der Waals surface area contributed by atoms with Gasteiger partial charge in [0, 0.05) is 25.8 Å². The fourth-order valence-electron chi connectivity index (χ4n) is 4.46. The van der Waals surface area contributed by atoms with E-state index in [0.29, 0.717) is 44.0 Å². The predicted molar refractivity (Wildman–Crippen MR) is 140 cm³/mol. The largest absolute Gasteiger partial charge is 0.466 e. The van der Waals surface area contributed by atoms with Gasteiger partial charge in [-0.05, 0) is 50.0 Å². The number of piperidine rings is 1. The van der Waals surface area contributed by atoms with Crippen molar-refractivity contribution in [2.45, 2.75) is 33.2 Å². The summed E-state index contributed by atoms with van der Waals surface area (Å²) in [5.74, 6) is -0.880. The molecule has 0 unspecified atom stereocenters. The molecule has 1 aromatic carbocycles. The van der Waals surface area contributed by atoms with Gasteiger partial charge < -0.3 is 15.0 Å². The first kappa shape index (κ1) is 25.6. The van der Waals surface area contributed by atoms with E-state index in [-0.39, 0.29) is 29.6 Å². The molecule has 9 nitrogen and oxygen atoms in total. The quantitative estimate of drug-likeness (QED) is 0.302. The number of carbonyl (C=O) groups excluding carboxylic acids is 2. The molecule has 1 fully saturated rings. The molecule has 4 rings (SSSR count). The number of esters is 1. The van der Waals surface area contributed by atoms with Crippen LogP contribution in [0.25, 0.3) is 11.7 Å². The van der Waals surface area contributed by atoms with Crippen molar-refractivity contribution in [3.8, 4) is 6.07 Å². The van der Waals surface area contributed by atoms with Crippen LogP contribution in [0.1, 0.15) is 36.5 Å². The summed E-state index contributed by atoms with van der Waals surface area (Å²) in [6, 6.07) is 14.9. The van der Waals surface area contributed by atoms with Crippen LogP contribution >= 0.6 is 0 Å². The first-order valence-electron chi connectivity index (χ1n) is 12.3. The molecule has 1 atom stereocenters. The van der Waals surface area contributed by atoms with Gasteiger partial charge in [0.2, 0.25) is 0 Å². The van der Waals surface area contributed by atoms with Gasteiger partial charge in [0.05, 0.1) is 18.1 Å². The van der Waals surface area contributed by atoms with Crippen molar-refractivity contribution in [3.05, 3.63) is 81.3 Å². The summed E-state index contributed by atoms with van der Waals surface area (Å²) in [5.41, 5.74) is 1.68. The lowest BCUT2D eigenvalue weighted by Crippen LogP contribution is -2.41. The average molecular weight is 500 g/mol. The van der Waals surface area contributed by atoms with E-state index in [0.717, 1.165) is 11.1 Å². The standard InChI is InChI=1S/C28H29N5O4/c1-3-37-28(36)21-12-8-13-32(18-21)25-23(27(35)33-14-7-9-19(2)24(33)31-25)15-22(16-29)26(34)30-17-20-10-5-4-6-11-20/h4-7,9-11,14-15,21H,3,8,12-13,17-18H2,1-2H3,(H,30,34)/b22-15+/t21-/m1/s1. The molecule has 190 valence electrons. The highest BCUT2D eigenvalue weighted by Gasteiger charge is 2.30. The Morgan fingerprint density at radius 3 is 2.76 bits per heavy atom. The second-order valence-corrected chi connectivity index (χ2v) is 8.91. The van der Waals surface area contributed by atoms with Crippen LogP contribution in [0.2, 0.25) is 0 Å². The average Bonchev–Trinajstić information content (AvgIpc) is 2.92. The summed E-state index contributed by atoms with van der Waals surface area (Å²) in [4.78, 5) is 45.6. The van der Waals surface area contributed by atoms with Crippen LogP contribution < -0.4 is 15.8 Å². The van der Waals surface area contributed by atoms with Gasteiger partial charge in [0.1, 0.15) is 23.1 Å². The van der Waals surface area contributed by atoms with E-state index < -0.39 is 11.5 Å². The monoisotopic (exact) mass is 499 g/mol. The molecule has 0 aliphatic carbocycles. The molecule has 1 aliphatic rings. The molecule has 1 N–H and O–H groups in total. The maximum absolute atomic E-state index is 13.6. The minimum Gasteiger partial charge on any atom is -0.466 e. The van der Waals surface area contributed by atoms with E-state index in [4.69, 9.17) is 9.72 Å². The molecule has 0 bridgehead atoms. The van der Waals surface area contributed by atoms with Crippen LogP contribution in [0.15, 0.2) is 59.0 Å². The lowest BCUT2D eigenvalue weighted by atomic mass is 9.97. The number of ether oxygens (including phenoxy) is 1. The van der Waals surface area contributed by atoms with E-state index >= 15 is 0 Å². The molecule has 1 aliphatic heterocycles. The van der Waals surface area contributed by atoms with Gasteiger partial charge in [-0.25, -0.2) is 4.98 Å². The topological polar surface area (TPSA) is 117 Å². The summed E-state index contributed by atoms with van der Waals surface area (Å²) in [5, 5.41) is 12.5. The fraction of sp³-hybridized carbons (Fsp3) is 0.321. The third-order valence-electron chi connectivity index (χ3n) is 6.35. The summed E-state index contributed by atoms with van der Waals surface area (Å²) < 4.78 is 6.64. The number of hydrogen-bond acceptors (Lipinski definition) is 7. The van der Waals surface area contributed by atoms with Crippen LogP contribution in [0, 0.1) is 24.2 Å². The Morgan fingerprint density at radius 2 is 2.03 bits per heavy atom. The van der Waals surface area contributed by atoms with Crippen LogP contribution in [0.5, 0.6) is 0 Å². The summed E-state index contributed by atoms with van der Waals surface area (Å²) in [6.07, 6.45) is 4.30. The third kappa shape index (κ3) is 5.70. The zero-order valence-electron chi connectivity index (χ0n) is 20.9. The number of carbonyl (C=O) groups is 2. The highest BCUT2D eigenvalue weighted by molar-refractivity contribution is 6.02. The van der Waals surface area contributed by atoms with Crippen LogP contribution in [0.4, 0.5) is 5.82 Å². The van der Waals surface area contributed by atoms with Crippen molar-refractivity contribution in [2.75, 3.05) is 24.6 Å². The lowest BCUT2D eigenvalue weighted by Gasteiger charge is -2.33. The summed E-state index contributed by atoms with van der Waals surface area (Å²) in [7, 11) is 0. The molecule has 0 spiro atoms. The molecule has 0 saturated carbocycles. The third-order valence-corrected chi connectivity index (χ3v) is 6.35. The Labute approximate surface area is 215 Å². The second-order valence-electron chi connectivity index (χ2n) is 8.91. The van der Waals surface area contributed by atoms with Crippen LogP contribution in [-0.2, 0) is 20.9 Å². The number of aryl methyl sites for hydroxylation is 1. The van der Waals surface area contributed by atoms with Crippen LogP contribution in [0.3, 0.4) is 0 Å². The Kier molecular flexibility index (Phi) is 7.98. The smallest absolute Gasteiger partial charge is 0.310 e. The highest BCUT2D eigenvalue weighted by Crippen LogP contribution is 2.26. The first-order chi connectivity index (χ1) is 17.9. The fourth-order valence-corrected chi connectivity index (χ4v) is 4.46. The minimum absolute atomic E-state index is 0.124. The highest BCUT2D eigenvalue weighted by atomic mass is 16.5. The van der Waals surface area contributed by atoms with Crippen molar-refractivity contribution in [2.24, 2.45) is 5.92 Å². The zero-order chi connectivity index (χ0) is 26.4. The number of nitrogens with one attached hydrogen (secondary N) is 1. The van der Waals surface area contributed by atoms with E-state index in [1.807, 2.05) is 54.3 Å². The SMILES string of the molecule is CCOC(=O)[C@@H]1CCCN(c2nc3c(C)cccn3c(=O)c2/C=C(\C#N)C(=O)NCc2ccccc2)C1. The Hall–Kier alpha value is -4.45. The first-order valence-corrected chi connectivity index (χ1v) is 12.3. The number of aromatic nitrogens is 2. The van der Waals surface area contributed by atoms with Gasteiger partial charge in [-0.15, -0.1) is 0 Å². The van der Waals surface area contributed by atoms with E-state index in [1.54, 1.807) is 19.2 Å². The number of pyridine rings is 1. The van der Waals surface area contributed by atoms with Crippen LogP contribution in [-0.4, -0.2) is 41.0 Å². The maximum Gasteiger partial charge on any atom is 0.310 e. The number of nitrogens with zero attached hydrogens (tertiary/aromatic N) is 4. The van der Waals surface area contributed by atoms with Gasteiger partial charge in [-0.1, -0.05) is 36.4 Å². The molecule has 1 saturated heterocycles. The maximum atomic E-state index is 13.6. The molecule has 0 radical (unpaired) electrons. The number of nitriles is 1. The van der Waals surface area contributed by atoms with E-state index in [2.05, 4.69) is 5.32 Å². The van der Waals surface area contributed by atoms with Gasteiger partial charge in [-0.2, -0.15) is 5.26 Å². The van der Waals surface area contributed by atoms with Gasteiger partial charge in [0.25, 0.3) is 11.5 Å². The molecule has 1 amide bonds. The number of amides is 1. The molecule has 3 aromatic rings. The molecule has 2 aromatic heterocycles. The molecular weight excluding hydrogens is 470 g/mol. The van der Waals surface area contributed by atoms with E-state index in [9.17, 15) is 19.6 Å². The Balaban J connectivity index is 1.75. The summed E-state index contributed by atoms with van der Waals surface area (Å²) >= 11 is 0. The molecule has 3 heterocycles. The number of benzene rings is 1. The molecular formula is C28H29N5O4. The van der Waals surface area contributed by atoms with Crippen molar-refractivity contribution in [3.63, 3.8) is 0 Å². The molecule has 9 heteroatoms. The molecule has 37 heavy (non-hydrogen) atoms. The Bertz CT molecular complexity index is 1440. The van der Waals surface area contributed by atoms with Gasteiger partial charge in [0.15, 0.2) is 0 Å². The van der Waals surface area contributed by atoms with Crippen molar-refractivity contribution >= 4 is 29.4 Å². The number of fused-ring (bicyclic) bond motifs is 1. The van der Waals surface area contributed by atoms with Crippen molar-refractivity contribution in [1.29, 1.82) is 5.26 Å². The predicted octanol–water partition coefficient (Wildman–Crippen LogP) is 3.01. The Morgan fingerprint density at radius 1 is 1.24 bits per heavy atom. The normalized spacial score (nSPS) is 15.8. The van der Waals surface area contributed by atoms with Crippen molar-refractivity contribution < 1.29 is 14.3 Å². The number of anilines is 1.